The SMILES string of the molecule is Clc1cc(Cl)cc(CN(CC2CC2)C[C@H]2CCNC2)c1. The van der Waals surface area contributed by atoms with Crippen molar-refractivity contribution >= 4 is 23.2 Å². The minimum atomic E-state index is 0.737. The molecule has 2 aliphatic rings. The van der Waals surface area contributed by atoms with E-state index in [0.29, 0.717) is 0 Å². The summed E-state index contributed by atoms with van der Waals surface area (Å²) in [5.74, 6) is 1.71. The molecule has 0 amide bonds. The van der Waals surface area contributed by atoms with Crippen LogP contribution in [-0.2, 0) is 6.54 Å². The van der Waals surface area contributed by atoms with E-state index in [-0.39, 0.29) is 0 Å². The lowest BCUT2D eigenvalue weighted by molar-refractivity contribution is 0.220. The number of hydrogen-bond donors (Lipinski definition) is 1. The largest absolute Gasteiger partial charge is 0.316 e. The van der Waals surface area contributed by atoms with Crippen molar-refractivity contribution in [3.05, 3.63) is 33.8 Å². The highest BCUT2D eigenvalue weighted by atomic mass is 35.5. The second-order valence-electron chi connectivity index (χ2n) is 6.27. The molecule has 20 heavy (non-hydrogen) atoms. The van der Waals surface area contributed by atoms with E-state index in [1.165, 1.54) is 44.5 Å². The van der Waals surface area contributed by atoms with Crippen LogP contribution in [0.2, 0.25) is 10.0 Å². The van der Waals surface area contributed by atoms with Crippen LogP contribution in [0.5, 0.6) is 0 Å². The summed E-state index contributed by atoms with van der Waals surface area (Å²) in [5, 5.41) is 4.93. The van der Waals surface area contributed by atoms with Crippen LogP contribution in [0.4, 0.5) is 0 Å². The quantitative estimate of drug-likeness (QED) is 0.859. The van der Waals surface area contributed by atoms with Crippen molar-refractivity contribution in [2.45, 2.75) is 25.8 Å². The van der Waals surface area contributed by atoms with E-state index in [1.807, 2.05) is 12.1 Å². The molecule has 0 spiro atoms. The first-order valence-corrected chi connectivity index (χ1v) is 8.32. The molecule has 1 atom stereocenters. The first-order chi connectivity index (χ1) is 9.69. The van der Waals surface area contributed by atoms with E-state index in [9.17, 15) is 0 Å². The lowest BCUT2D eigenvalue weighted by atomic mass is 10.1. The van der Waals surface area contributed by atoms with Gasteiger partial charge in [0.1, 0.15) is 0 Å². The highest BCUT2D eigenvalue weighted by molar-refractivity contribution is 6.34. The van der Waals surface area contributed by atoms with Gasteiger partial charge in [0.25, 0.3) is 0 Å². The molecule has 4 heteroatoms. The van der Waals surface area contributed by atoms with E-state index < -0.39 is 0 Å². The van der Waals surface area contributed by atoms with Gasteiger partial charge in [-0.05, 0) is 68.0 Å². The van der Waals surface area contributed by atoms with Crippen LogP contribution >= 0.6 is 23.2 Å². The Bertz CT molecular complexity index is 434. The minimum absolute atomic E-state index is 0.737. The summed E-state index contributed by atoms with van der Waals surface area (Å²) in [6.07, 6.45) is 4.10. The van der Waals surface area contributed by atoms with Gasteiger partial charge in [0.2, 0.25) is 0 Å². The zero-order valence-electron chi connectivity index (χ0n) is 11.7. The summed E-state index contributed by atoms with van der Waals surface area (Å²) >= 11 is 12.2. The topological polar surface area (TPSA) is 15.3 Å². The average molecular weight is 313 g/mol. The number of nitrogens with zero attached hydrogens (tertiary/aromatic N) is 1. The zero-order chi connectivity index (χ0) is 13.9. The number of hydrogen-bond acceptors (Lipinski definition) is 2. The molecule has 2 nitrogen and oxygen atoms in total. The van der Waals surface area contributed by atoms with Gasteiger partial charge in [-0.2, -0.15) is 0 Å². The fourth-order valence-electron chi connectivity index (χ4n) is 3.07. The molecule has 2 fully saturated rings. The fraction of sp³-hybridized carbons (Fsp3) is 0.625. The molecule has 0 bridgehead atoms. The number of rotatable bonds is 6. The van der Waals surface area contributed by atoms with Gasteiger partial charge in [-0.25, -0.2) is 0 Å². The molecule has 1 aromatic rings. The van der Waals surface area contributed by atoms with Crippen LogP contribution < -0.4 is 5.32 Å². The first kappa shape index (κ1) is 14.6. The highest BCUT2D eigenvalue weighted by Crippen LogP contribution is 2.31. The Balaban J connectivity index is 1.64. The lowest BCUT2D eigenvalue weighted by Crippen LogP contribution is -2.32. The van der Waals surface area contributed by atoms with Crippen LogP contribution in [0.1, 0.15) is 24.8 Å². The third-order valence-corrected chi connectivity index (χ3v) is 4.66. The molecule has 0 aromatic heterocycles. The van der Waals surface area contributed by atoms with Gasteiger partial charge in [-0.15, -0.1) is 0 Å². The van der Waals surface area contributed by atoms with Gasteiger partial charge in [0.15, 0.2) is 0 Å². The Morgan fingerprint density at radius 2 is 1.70 bits per heavy atom. The number of benzene rings is 1. The second-order valence-corrected chi connectivity index (χ2v) is 7.15. The number of nitrogens with one attached hydrogen (secondary N) is 1. The average Bonchev–Trinajstić information content (AvgIpc) is 3.02. The van der Waals surface area contributed by atoms with E-state index in [1.54, 1.807) is 6.07 Å². The fourth-order valence-corrected chi connectivity index (χ4v) is 3.64. The molecule has 1 aliphatic heterocycles. The van der Waals surface area contributed by atoms with Gasteiger partial charge in [0.05, 0.1) is 0 Å². The van der Waals surface area contributed by atoms with Crippen molar-refractivity contribution in [2.75, 3.05) is 26.2 Å². The molecule has 1 aliphatic carbocycles. The molecular formula is C16H22Cl2N2. The zero-order valence-corrected chi connectivity index (χ0v) is 13.3. The molecule has 3 rings (SSSR count). The second kappa shape index (κ2) is 6.65. The van der Waals surface area contributed by atoms with Gasteiger partial charge < -0.3 is 5.32 Å². The van der Waals surface area contributed by atoms with Crippen LogP contribution in [0, 0.1) is 11.8 Å². The first-order valence-electron chi connectivity index (χ1n) is 7.57. The lowest BCUT2D eigenvalue weighted by Gasteiger charge is -2.25. The Labute approximate surface area is 131 Å². The van der Waals surface area contributed by atoms with Crippen molar-refractivity contribution in [1.82, 2.24) is 10.2 Å². The van der Waals surface area contributed by atoms with E-state index in [2.05, 4.69) is 10.2 Å². The maximum atomic E-state index is 6.11. The van der Waals surface area contributed by atoms with E-state index in [4.69, 9.17) is 23.2 Å². The van der Waals surface area contributed by atoms with E-state index >= 15 is 0 Å². The summed E-state index contributed by atoms with van der Waals surface area (Å²) in [7, 11) is 0. The molecule has 0 unspecified atom stereocenters. The molecule has 110 valence electrons. The minimum Gasteiger partial charge on any atom is -0.316 e. The monoisotopic (exact) mass is 312 g/mol. The van der Waals surface area contributed by atoms with Crippen LogP contribution in [-0.4, -0.2) is 31.1 Å². The van der Waals surface area contributed by atoms with Crippen LogP contribution in [0.3, 0.4) is 0 Å². The van der Waals surface area contributed by atoms with Crippen molar-refractivity contribution < 1.29 is 0 Å². The van der Waals surface area contributed by atoms with E-state index in [0.717, 1.165) is 35.0 Å². The Kier molecular flexibility index (Phi) is 4.87. The van der Waals surface area contributed by atoms with Crippen molar-refractivity contribution in [3.8, 4) is 0 Å². The normalized spacial score (nSPS) is 22.6. The summed E-state index contributed by atoms with van der Waals surface area (Å²) in [5.41, 5.74) is 1.23. The standard InChI is InChI=1S/C16H22Cl2N2/c17-15-5-14(6-16(18)7-15)11-20(9-12-1-2-12)10-13-3-4-19-8-13/h5-7,12-13,19H,1-4,8-11H2/t13-/m0/s1. The van der Waals surface area contributed by atoms with Gasteiger partial charge in [-0.3, -0.25) is 4.90 Å². The van der Waals surface area contributed by atoms with Crippen LogP contribution in [0.15, 0.2) is 18.2 Å². The van der Waals surface area contributed by atoms with Crippen molar-refractivity contribution in [1.29, 1.82) is 0 Å². The Morgan fingerprint density at radius 3 is 2.30 bits per heavy atom. The predicted molar refractivity (Wildman–Crippen MR) is 85.4 cm³/mol. The predicted octanol–water partition coefficient (Wildman–Crippen LogP) is 3.81. The smallest absolute Gasteiger partial charge is 0.0424 e. The van der Waals surface area contributed by atoms with Gasteiger partial charge >= 0.3 is 0 Å². The third-order valence-electron chi connectivity index (χ3n) is 4.22. The molecule has 1 aromatic carbocycles. The molecule has 1 heterocycles. The number of halogens is 2. The Hall–Kier alpha value is -0.280. The molecule has 1 saturated heterocycles. The maximum Gasteiger partial charge on any atom is 0.0424 e. The molecule has 1 saturated carbocycles. The molecular weight excluding hydrogens is 291 g/mol. The van der Waals surface area contributed by atoms with Crippen molar-refractivity contribution in [3.63, 3.8) is 0 Å². The summed E-state index contributed by atoms with van der Waals surface area (Å²) in [4.78, 5) is 2.59. The third kappa shape index (κ3) is 4.36. The molecule has 1 N–H and O–H groups in total. The summed E-state index contributed by atoms with van der Waals surface area (Å²) < 4.78 is 0. The Morgan fingerprint density at radius 1 is 1.00 bits per heavy atom. The highest BCUT2D eigenvalue weighted by Gasteiger charge is 2.26. The van der Waals surface area contributed by atoms with Gasteiger partial charge in [-0.1, -0.05) is 23.2 Å². The van der Waals surface area contributed by atoms with Gasteiger partial charge in [0, 0.05) is 29.7 Å². The van der Waals surface area contributed by atoms with Crippen LogP contribution in [0.25, 0.3) is 0 Å². The van der Waals surface area contributed by atoms with Crippen molar-refractivity contribution in [2.24, 2.45) is 11.8 Å². The summed E-state index contributed by atoms with van der Waals surface area (Å²) in [6, 6.07) is 5.89. The summed E-state index contributed by atoms with van der Waals surface area (Å²) in [6.45, 7) is 5.71. The molecule has 0 radical (unpaired) electrons. The maximum absolute atomic E-state index is 6.11.